The lowest BCUT2D eigenvalue weighted by Crippen LogP contribution is -2.47. The molecule has 1 N–H and O–H groups in total. The first-order valence-electron chi connectivity index (χ1n) is 8.55. The van der Waals surface area contributed by atoms with E-state index in [0.29, 0.717) is 6.04 Å². The van der Waals surface area contributed by atoms with Crippen molar-refractivity contribution in [3.8, 4) is 0 Å². The van der Waals surface area contributed by atoms with Gasteiger partial charge in [0.2, 0.25) is 0 Å². The maximum Gasteiger partial charge on any atom is 0.0239 e. The summed E-state index contributed by atoms with van der Waals surface area (Å²) in [5, 5.41) is 3.71. The Balaban J connectivity index is 2.06. The lowest BCUT2D eigenvalue weighted by molar-refractivity contribution is 0.166. The predicted molar refractivity (Wildman–Crippen MR) is 91.6 cm³/mol. The van der Waals surface area contributed by atoms with Crippen LogP contribution in [0.2, 0.25) is 0 Å². The second-order valence-corrected chi connectivity index (χ2v) is 7.42. The van der Waals surface area contributed by atoms with Crippen molar-refractivity contribution in [2.24, 2.45) is 0 Å². The summed E-state index contributed by atoms with van der Waals surface area (Å²) in [5.41, 5.74) is 3.29. The Hall–Kier alpha value is -0.860. The largest absolute Gasteiger partial charge is 0.311 e. The number of fused-ring (bicyclic) bond motifs is 1. The molecule has 0 amide bonds. The van der Waals surface area contributed by atoms with E-state index in [2.05, 4.69) is 62.2 Å². The van der Waals surface area contributed by atoms with Crippen LogP contribution in [0.5, 0.6) is 0 Å². The lowest BCUT2D eigenvalue weighted by atomic mass is 10.0. The normalized spacial score (nSPS) is 18.1. The summed E-state index contributed by atoms with van der Waals surface area (Å²) >= 11 is 0. The third-order valence-corrected chi connectivity index (χ3v) is 4.39. The molecule has 0 spiro atoms. The maximum atomic E-state index is 3.71. The second-order valence-electron chi connectivity index (χ2n) is 7.42. The van der Waals surface area contributed by atoms with Crippen LogP contribution in [0.4, 0.5) is 0 Å². The van der Waals surface area contributed by atoms with Crippen molar-refractivity contribution in [3.63, 3.8) is 0 Å². The van der Waals surface area contributed by atoms with E-state index in [1.54, 1.807) is 5.56 Å². The molecule has 0 fully saturated rings. The van der Waals surface area contributed by atoms with Crippen LogP contribution < -0.4 is 5.32 Å². The molecule has 1 unspecified atom stereocenters. The molecule has 1 aromatic rings. The minimum atomic E-state index is 0.204. The quantitative estimate of drug-likeness (QED) is 0.881. The summed E-state index contributed by atoms with van der Waals surface area (Å²) in [5.74, 6) is 0. The maximum absolute atomic E-state index is 3.71. The molecule has 2 nitrogen and oxygen atoms in total. The van der Waals surface area contributed by atoms with Crippen LogP contribution in [-0.4, -0.2) is 29.6 Å². The summed E-state index contributed by atoms with van der Waals surface area (Å²) in [7, 11) is 0. The van der Waals surface area contributed by atoms with Gasteiger partial charge in [0.25, 0.3) is 0 Å². The molecule has 0 saturated carbocycles. The summed E-state index contributed by atoms with van der Waals surface area (Å²) < 4.78 is 0. The Bertz CT molecular complexity index is 433. The van der Waals surface area contributed by atoms with Gasteiger partial charge in [0, 0.05) is 24.7 Å². The van der Waals surface area contributed by atoms with Crippen molar-refractivity contribution in [1.29, 1.82) is 0 Å². The number of hydrogen-bond donors (Lipinski definition) is 1. The first-order valence-corrected chi connectivity index (χ1v) is 8.55. The first-order chi connectivity index (χ1) is 9.99. The SMILES string of the molecule is CCCC(CNC(C)(C)C)N1CCCc2ccccc2C1. The zero-order valence-corrected chi connectivity index (χ0v) is 14.3. The van der Waals surface area contributed by atoms with Gasteiger partial charge in [-0.15, -0.1) is 0 Å². The number of nitrogens with zero attached hydrogens (tertiary/aromatic N) is 1. The molecule has 118 valence electrons. The zero-order chi connectivity index (χ0) is 15.3. The summed E-state index contributed by atoms with van der Waals surface area (Å²) in [4.78, 5) is 2.70. The molecule has 0 aromatic heterocycles. The monoisotopic (exact) mass is 288 g/mol. The Morgan fingerprint density at radius 3 is 2.57 bits per heavy atom. The van der Waals surface area contributed by atoms with Gasteiger partial charge in [-0.05, 0) is 57.7 Å². The fourth-order valence-electron chi connectivity index (χ4n) is 3.21. The van der Waals surface area contributed by atoms with E-state index < -0.39 is 0 Å². The van der Waals surface area contributed by atoms with Gasteiger partial charge in [0.1, 0.15) is 0 Å². The van der Waals surface area contributed by atoms with Gasteiger partial charge in [-0.1, -0.05) is 37.6 Å². The zero-order valence-electron chi connectivity index (χ0n) is 14.3. The highest BCUT2D eigenvalue weighted by Crippen LogP contribution is 2.21. The van der Waals surface area contributed by atoms with E-state index >= 15 is 0 Å². The molecule has 0 aliphatic carbocycles. The smallest absolute Gasteiger partial charge is 0.0239 e. The fraction of sp³-hybridized carbons (Fsp3) is 0.684. The van der Waals surface area contributed by atoms with Crippen LogP contribution in [0.1, 0.15) is 58.1 Å². The van der Waals surface area contributed by atoms with Crippen molar-refractivity contribution in [1.82, 2.24) is 10.2 Å². The molecule has 0 bridgehead atoms. The minimum Gasteiger partial charge on any atom is -0.311 e. The summed E-state index contributed by atoms with van der Waals surface area (Å²) in [6.45, 7) is 12.5. The fourth-order valence-corrected chi connectivity index (χ4v) is 3.21. The average molecular weight is 288 g/mol. The van der Waals surface area contributed by atoms with Gasteiger partial charge in [-0.25, -0.2) is 0 Å². The third kappa shape index (κ3) is 5.12. The Morgan fingerprint density at radius 2 is 1.90 bits per heavy atom. The van der Waals surface area contributed by atoms with E-state index in [-0.39, 0.29) is 5.54 Å². The number of hydrogen-bond acceptors (Lipinski definition) is 2. The lowest BCUT2D eigenvalue weighted by Gasteiger charge is -2.33. The molecule has 0 radical (unpaired) electrons. The highest BCUT2D eigenvalue weighted by atomic mass is 15.2. The third-order valence-electron chi connectivity index (χ3n) is 4.39. The standard InChI is InChI=1S/C19H32N2/c1-5-9-18(14-20-19(2,3)4)21-13-8-12-16-10-6-7-11-17(16)15-21/h6-7,10-11,18,20H,5,8-9,12-15H2,1-4H3. The minimum absolute atomic E-state index is 0.204. The van der Waals surface area contributed by atoms with E-state index in [4.69, 9.17) is 0 Å². The van der Waals surface area contributed by atoms with Crippen molar-refractivity contribution in [3.05, 3.63) is 35.4 Å². The molecular weight excluding hydrogens is 256 g/mol. The molecule has 1 aromatic carbocycles. The molecule has 1 aliphatic heterocycles. The van der Waals surface area contributed by atoms with Crippen LogP contribution in [0.25, 0.3) is 0 Å². The molecule has 1 aliphatic rings. The molecule has 0 saturated heterocycles. The van der Waals surface area contributed by atoms with Gasteiger partial charge in [-0.2, -0.15) is 0 Å². The van der Waals surface area contributed by atoms with Crippen LogP contribution in [-0.2, 0) is 13.0 Å². The van der Waals surface area contributed by atoms with E-state index in [1.807, 2.05) is 0 Å². The number of nitrogens with one attached hydrogen (secondary N) is 1. The van der Waals surface area contributed by atoms with Gasteiger partial charge < -0.3 is 5.32 Å². The van der Waals surface area contributed by atoms with Crippen LogP contribution in [0.3, 0.4) is 0 Å². The van der Waals surface area contributed by atoms with E-state index in [9.17, 15) is 0 Å². The highest BCUT2D eigenvalue weighted by Gasteiger charge is 2.22. The van der Waals surface area contributed by atoms with Crippen molar-refractivity contribution < 1.29 is 0 Å². The van der Waals surface area contributed by atoms with Crippen molar-refractivity contribution >= 4 is 0 Å². The Labute approximate surface area is 130 Å². The van der Waals surface area contributed by atoms with Crippen molar-refractivity contribution in [2.75, 3.05) is 13.1 Å². The molecule has 1 heterocycles. The second kappa shape index (κ2) is 7.42. The molecular formula is C19H32N2. The van der Waals surface area contributed by atoms with Gasteiger partial charge in [0.05, 0.1) is 0 Å². The van der Waals surface area contributed by atoms with E-state index in [0.717, 1.165) is 13.1 Å². The first kappa shape index (κ1) is 16.5. The van der Waals surface area contributed by atoms with Crippen LogP contribution >= 0.6 is 0 Å². The molecule has 21 heavy (non-hydrogen) atoms. The molecule has 2 rings (SSSR count). The van der Waals surface area contributed by atoms with E-state index in [1.165, 1.54) is 37.8 Å². The Morgan fingerprint density at radius 1 is 1.19 bits per heavy atom. The number of aryl methyl sites for hydroxylation is 1. The summed E-state index contributed by atoms with van der Waals surface area (Å²) in [6.07, 6.45) is 5.06. The average Bonchev–Trinajstić information content (AvgIpc) is 2.64. The van der Waals surface area contributed by atoms with Gasteiger partial charge in [-0.3, -0.25) is 4.90 Å². The molecule has 2 heteroatoms. The number of rotatable bonds is 5. The van der Waals surface area contributed by atoms with Crippen molar-refractivity contribution in [2.45, 2.75) is 71.5 Å². The highest BCUT2D eigenvalue weighted by molar-refractivity contribution is 5.28. The van der Waals surface area contributed by atoms with Crippen LogP contribution in [0.15, 0.2) is 24.3 Å². The van der Waals surface area contributed by atoms with Crippen LogP contribution in [0, 0.1) is 0 Å². The summed E-state index contributed by atoms with van der Waals surface area (Å²) in [6, 6.07) is 9.64. The van der Waals surface area contributed by atoms with Gasteiger partial charge >= 0.3 is 0 Å². The molecule has 1 atom stereocenters. The topological polar surface area (TPSA) is 15.3 Å². The predicted octanol–water partition coefficient (Wildman–Crippen LogP) is 3.99. The number of benzene rings is 1. The van der Waals surface area contributed by atoms with Gasteiger partial charge in [0.15, 0.2) is 0 Å². The Kier molecular flexibility index (Phi) is 5.83.